The van der Waals surface area contributed by atoms with Gasteiger partial charge < -0.3 is 20.3 Å². The molecular weight excluding hydrogens is 334 g/mol. The molecule has 0 bridgehead atoms. The summed E-state index contributed by atoms with van der Waals surface area (Å²) in [6.45, 7) is 0. The van der Waals surface area contributed by atoms with Gasteiger partial charge in [0.15, 0.2) is 11.5 Å². The van der Waals surface area contributed by atoms with Gasteiger partial charge in [0.1, 0.15) is 5.70 Å². The van der Waals surface area contributed by atoms with Gasteiger partial charge in [0.05, 0.1) is 12.1 Å². The summed E-state index contributed by atoms with van der Waals surface area (Å²) in [5, 5.41) is 21.3. The Morgan fingerprint density at radius 1 is 1.21 bits per heavy atom. The second-order valence-electron chi connectivity index (χ2n) is 4.74. The molecule has 0 aliphatic heterocycles. The number of methoxy groups -OCH3 is 1. The third-order valence-corrected chi connectivity index (χ3v) is 3.38. The number of rotatable bonds is 5. The zero-order chi connectivity index (χ0) is 17.7. The largest absolute Gasteiger partial charge is 0.503 e. The molecule has 1 amide bonds. The lowest BCUT2D eigenvalue weighted by atomic mass is 10.1. The number of halogens is 1. The van der Waals surface area contributed by atoms with Crippen LogP contribution in [0.1, 0.15) is 15.9 Å². The standard InChI is InChI=1S/C17H14ClNO5/c1-24-14-9-10(7-12(18)15(14)20)8-13(17(22)23)19-16(21)11-5-3-2-4-6-11/h2-9,20H,1H3,(H,19,21)(H,22,23). The van der Waals surface area contributed by atoms with E-state index < -0.39 is 11.9 Å². The number of hydrogen-bond acceptors (Lipinski definition) is 4. The van der Waals surface area contributed by atoms with Crippen LogP contribution in [0.15, 0.2) is 48.2 Å². The number of amides is 1. The first-order chi connectivity index (χ1) is 11.4. The van der Waals surface area contributed by atoms with Crippen molar-refractivity contribution in [3.63, 3.8) is 0 Å². The first kappa shape index (κ1) is 17.4. The SMILES string of the molecule is COc1cc(C=C(NC(=O)c2ccccc2)C(=O)O)cc(Cl)c1O. The van der Waals surface area contributed by atoms with Crippen LogP contribution in [0.4, 0.5) is 0 Å². The van der Waals surface area contributed by atoms with Gasteiger partial charge >= 0.3 is 5.97 Å². The van der Waals surface area contributed by atoms with Gasteiger partial charge in [-0.2, -0.15) is 0 Å². The summed E-state index contributed by atoms with van der Waals surface area (Å²) in [5.74, 6) is -2.03. The maximum atomic E-state index is 12.1. The van der Waals surface area contributed by atoms with Crippen molar-refractivity contribution >= 4 is 29.6 Å². The Balaban J connectivity index is 2.34. The Morgan fingerprint density at radius 2 is 1.88 bits per heavy atom. The molecule has 0 aromatic heterocycles. The van der Waals surface area contributed by atoms with Crippen LogP contribution in [-0.2, 0) is 4.79 Å². The van der Waals surface area contributed by atoms with E-state index in [1.54, 1.807) is 30.3 Å². The van der Waals surface area contributed by atoms with Gasteiger partial charge in [-0.15, -0.1) is 0 Å². The number of aromatic hydroxyl groups is 1. The number of ether oxygens (including phenoxy) is 1. The molecule has 7 heteroatoms. The molecule has 2 rings (SSSR count). The van der Waals surface area contributed by atoms with Gasteiger partial charge in [-0.3, -0.25) is 4.79 Å². The highest BCUT2D eigenvalue weighted by atomic mass is 35.5. The highest BCUT2D eigenvalue weighted by molar-refractivity contribution is 6.32. The molecular formula is C17H14ClNO5. The van der Waals surface area contributed by atoms with Gasteiger partial charge in [-0.05, 0) is 35.9 Å². The first-order valence-electron chi connectivity index (χ1n) is 6.80. The van der Waals surface area contributed by atoms with Crippen LogP contribution in [0.25, 0.3) is 6.08 Å². The molecule has 0 saturated heterocycles. The number of phenols is 1. The van der Waals surface area contributed by atoms with Crippen LogP contribution >= 0.6 is 11.6 Å². The molecule has 0 spiro atoms. The molecule has 6 nitrogen and oxygen atoms in total. The summed E-state index contributed by atoms with van der Waals surface area (Å²) in [5.41, 5.74) is 0.332. The molecule has 2 aromatic carbocycles. The number of hydrogen-bond donors (Lipinski definition) is 3. The normalized spacial score (nSPS) is 11.0. The van der Waals surface area contributed by atoms with E-state index in [0.717, 1.165) is 0 Å². The predicted octanol–water partition coefficient (Wildman–Crippen LogP) is 2.91. The van der Waals surface area contributed by atoms with Crippen molar-refractivity contribution in [3.8, 4) is 11.5 Å². The Labute approximate surface area is 143 Å². The molecule has 0 aliphatic rings. The molecule has 2 aromatic rings. The lowest BCUT2D eigenvalue weighted by Crippen LogP contribution is -2.27. The van der Waals surface area contributed by atoms with Crippen molar-refractivity contribution in [2.24, 2.45) is 0 Å². The highest BCUT2D eigenvalue weighted by Crippen LogP contribution is 2.35. The average molecular weight is 348 g/mol. The third kappa shape index (κ3) is 4.05. The molecule has 0 aliphatic carbocycles. The number of phenolic OH excluding ortho intramolecular Hbond substituents is 1. The Bertz CT molecular complexity index is 802. The highest BCUT2D eigenvalue weighted by Gasteiger charge is 2.15. The summed E-state index contributed by atoms with van der Waals surface area (Å²) in [6, 6.07) is 11.0. The van der Waals surface area contributed by atoms with Crippen LogP contribution in [0.3, 0.4) is 0 Å². The Morgan fingerprint density at radius 3 is 2.46 bits per heavy atom. The summed E-state index contributed by atoms with van der Waals surface area (Å²) in [4.78, 5) is 23.5. The minimum absolute atomic E-state index is 0.000255. The smallest absolute Gasteiger partial charge is 0.352 e. The van der Waals surface area contributed by atoms with E-state index in [1.807, 2.05) is 0 Å². The van der Waals surface area contributed by atoms with Crippen molar-refractivity contribution < 1.29 is 24.5 Å². The molecule has 0 unspecified atom stereocenters. The zero-order valence-electron chi connectivity index (χ0n) is 12.6. The van der Waals surface area contributed by atoms with Crippen LogP contribution in [0.2, 0.25) is 5.02 Å². The maximum Gasteiger partial charge on any atom is 0.352 e. The summed E-state index contributed by atoms with van der Waals surface area (Å²) >= 11 is 5.87. The Kier molecular flexibility index (Phi) is 5.44. The van der Waals surface area contributed by atoms with Crippen LogP contribution in [0.5, 0.6) is 11.5 Å². The van der Waals surface area contributed by atoms with Crippen molar-refractivity contribution in [2.75, 3.05) is 7.11 Å². The molecule has 124 valence electrons. The molecule has 0 radical (unpaired) electrons. The number of benzene rings is 2. The summed E-state index contributed by atoms with van der Waals surface area (Å²) in [6.07, 6.45) is 1.22. The fraction of sp³-hybridized carbons (Fsp3) is 0.0588. The molecule has 24 heavy (non-hydrogen) atoms. The lowest BCUT2D eigenvalue weighted by Gasteiger charge is -2.09. The number of aliphatic carboxylic acids is 1. The van der Waals surface area contributed by atoms with E-state index in [1.165, 1.54) is 25.3 Å². The van der Waals surface area contributed by atoms with Crippen molar-refractivity contribution in [2.45, 2.75) is 0 Å². The molecule has 3 N–H and O–H groups in total. The van der Waals surface area contributed by atoms with Gasteiger partial charge in [0.2, 0.25) is 0 Å². The van der Waals surface area contributed by atoms with Crippen LogP contribution < -0.4 is 10.1 Å². The fourth-order valence-electron chi connectivity index (χ4n) is 1.93. The molecule has 0 fully saturated rings. The molecule has 0 heterocycles. The average Bonchev–Trinajstić information content (AvgIpc) is 2.57. The molecule has 0 atom stereocenters. The summed E-state index contributed by atoms with van der Waals surface area (Å²) < 4.78 is 4.96. The predicted molar refractivity (Wildman–Crippen MR) is 89.2 cm³/mol. The maximum absolute atomic E-state index is 12.1. The zero-order valence-corrected chi connectivity index (χ0v) is 13.4. The minimum atomic E-state index is -1.32. The Hall–Kier alpha value is -2.99. The summed E-state index contributed by atoms with van der Waals surface area (Å²) in [7, 11) is 1.34. The number of nitrogens with one attached hydrogen (secondary N) is 1. The van der Waals surface area contributed by atoms with Gasteiger partial charge in [0.25, 0.3) is 5.91 Å². The van der Waals surface area contributed by atoms with E-state index >= 15 is 0 Å². The van der Waals surface area contributed by atoms with Gasteiger partial charge in [-0.25, -0.2) is 4.79 Å². The van der Waals surface area contributed by atoms with E-state index in [4.69, 9.17) is 16.3 Å². The number of carboxylic acid groups (broad SMARTS) is 1. The van der Waals surface area contributed by atoms with Crippen molar-refractivity contribution in [1.82, 2.24) is 5.32 Å². The van der Waals surface area contributed by atoms with Crippen molar-refractivity contribution in [1.29, 1.82) is 0 Å². The first-order valence-corrected chi connectivity index (χ1v) is 7.18. The second-order valence-corrected chi connectivity index (χ2v) is 5.14. The third-order valence-electron chi connectivity index (χ3n) is 3.10. The van der Waals surface area contributed by atoms with E-state index in [-0.39, 0.29) is 22.2 Å². The quantitative estimate of drug-likeness (QED) is 0.723. The topological polar surface area (TPSA) is 95.9 Å². The van der Waals surface area contributed by atoms with Crippen LogP contribution in [0, 0.1) is 0 Å². The van der Waals surface area contributed by atoms with Crippen molar-refractivity contribution in [3.05, 3.63) is 64.3 Å². The minimum Gasteiger partial charge on any atom is -0.503 e. The van der Waals surface area contributed by atoms with E-state index in [2.05, 4.69) is 5.32 Å². The van der Waals surface area contributed by atoms with E-state index in [9.17, 15) is 19.8 Å². The number of carboxylic acids is 1. The van der Waals surface area contributed by atoms with Crippen LogP contribution in [-0.4, -0.2) is 29.2 Å². The number of carbonyl (C=O) groups excluding carboxylic acids is 1. The fourth-order valence-corrected chi connectivity index (χ4v) is 2.15. The number of carbonyl (C=O) groups is 2. The van der Waals surface area contributed by atoms with E-state index in [0.29, 0.717) is 11.1 Å². The van der Waals surface area contributed by atoms with Gasteiger partial charge in [0, 0.05) is 5.56 Å². The monoisotopic (exact) mass is 347 g/mol. The second kappa shape index (κ2) is 7.52. The molecule has 0 saturated carbocycles. The van der Waals surface area contributed by atoms with Gasteiger partial charge in [-0.1, -0.05) is 29.8 Å². The lowest BCUT2D eigenvalue weighted by molar-refractivity contribution is -0.132.